The number of hydrogen-bond donors (Lipinski definition) is 2. The van der Waals surface area contributed by atoms with Crippen LogP contribution in [0.1, 0.15) is 29.5 Å². The molecule has 112 valence electrons. The van der Waals surface area contributed by atoms with Crippen LogP contribution in [0.5, 0.6) is 5.75 Å². The molecular weight excluding hydrogens is 270 g/mol. The zero-order chi connectivity index (χ0) is 15.4. The lowest BCUT2D eigenvalue weighted by Crippen LogP contribution is -2.36. The third kappa shape index (κ3) is 3.59. The van der Waals surface area contributed by atoms with Crippen molar-refractivity contribution in [3.8, 4) is 5.75 Å². The molecule has 1 heterocycles. The second-order valence-corrected chi connectivity index (χ2v) is 5.05. The van der Waals surface area contributed by atoms with Crippen LogP contribution in [0.3, 0.4) is 0 Å². The summed E-state index contributed by atoms with van der Waals surface area (Å²) in [5.74, 6) is 0.346. The second-order valence-electron chi connectivity index (χ2n) is 5.05. The molecule has 6 heteroatoms. The van der Waals surface area contributed by atoms with Gasteiger partial charge < -0.3 is 10.1 Å². The molecule has 0 unspecified atom stereocenters. The maximum absolute atomic E-state index is 12.0. The van der Waals surface area contributed by atoms with Crippen LogP contribution in [0.2, 0.25) is 0 Å². The first-order chi connectivity index (χ1) is 10.0. The Morgan fingerprint density at radius 3 is 2.76 bits per heavy atom. The van der Waals surface area contributed by atoms with Crippen molar-refractivity contribution >= 4 is 17.5 Å². The minimum Gasteiger partial charge on any atom is -0.496 e. The molecule has 1 aliphatic rings. The van der Waals surface area contributed by atoms with Crippen molar-refractivity contribution < 1.29 is 14.3 Å². The number of ether oxygens (including phenoxy) is 1. The molecule has 1 aromatic rings. The van der Waals surface area contributed by atoms with Gasteiger partial charge >= 0.3 is 0 Å². The number of hydrogen-bond acceptors (Lipinski definition) is 4. The molecule has 0 fully saturated rings. The smallest absolute Gasteiger partial charge is 0.267 e. The van der Waals surface area contributed by atoms with Gasteiger partial charge in [0.25, 0.3) is 5.91 Å². The molecule has 0 saturated carbocycles. The number of carbonyl (C=O) groups is 2. The maximum Gasteiger partial charge on any atom is 0.267 e. The highest BCUT2D eigenvalue weighted by Gasteiger charge is 2.18. The van der Waals surface area contributed by atoms with Crippen molar-refractivity contribution in [2.45, 2.75) is 33.2 Å². The van der Waals surface area contributed by atoms with E-state index in [4.69, 9.17) is 4.74 Å². The fourth-order valence-corrected chi connectivity index (χ4v) is 2.38. The summed E-state index contributed by atoms with van der Waals surface area (Å²) in [6.07, 6.45) is 0.654. The predicted molar refractivity (Wildman–Crippen MR) is 79.1 cm³/mol. The van der Waals surface area contributed by atoms with Crippen LogP contribution in [-0.2, 0) is 16.1 Å². The van der Waals surface area contributed by atoms with Crippen LogP contribution in [0.25, 0.3) is 0 Å². The van der Waals surface area contributed by atoms with Crippen LogP contribution < -0.4 is 15.5 Å². The largest absolute Gasteiger partial charge is 0.496 e. The molecule has 6 nitrogen and oxygen atoms in total. The summed E-state index contributed by atoms with van der Waals surface area (Å²) in [6.45, 7) is 4.33. The van der Waals surface area contributed by atoms with E-state index in [0.717, 1.165) is 22.4 Å². The quantitative estimate of drug-likeness (QED) is 0.874. The number of benzene rings is 1. The lowest BCUT2D eigenvalue weighted by Gasteiger charge is -2.15. The molecule has 2 N–H and O–H groups in total. The highest BCUT2D eigenvalue weighted by atomic mass is 16.5. The molecule has 0 saturated heterocycles. The fraction of sp³-hybridized carbons (Fsp3) is 0.400. The van der Waals surface area contributed by atoms with E-state index in [9.17, 15) is 9.59 Å². The third-order valence-corrected chi connectivity index (χ3v) is 3.31. The molecule has 21 heavy (non-hydrogen) atoms. The topological polar surface area (TPSA) is 79.8 Å². The Morgan fingerprint density at radius 1 is 1.38 bits per heavy atom. The first kappa shape index (κ1) is 15.0. The number of aryl methyl sites for hydroxylation is 2. The van der Waals surface area contributed by atoms with E-state index in [0.29, 0.717) is 25.1 Å². The minimum atomic E-state index is -0.267. The first-order valence-electron chi connectivity index (χ1n) is 6.79. The van der Waals surface area contributed by atoms with Gasteiger partial charge in [-0.3, -0.25) is 9.59 Å². The molecule has 0 aliphatic carbocycles. The highest BCUT2D eigenvalue weighted by molar-refractivity contribution is 6.39. The van der Waals surface area contributed by atoms with Crippen molar-refractivity contribution in [3.05, 3.63) is 28.8 Å². The first-order valence-corrected chi connectivity index (χ1v) is 6.79. The monoisotopic (exact) mass is 289 g/mol. The van der Waals surface area contributed by atoms with E-state index >= 15 is 0 Å². The van der Waals surface area contributed by atoms with Gasteiger partial charge in [-0.05, 0) is 19.4 Å². The van der Waals surface area contributed by atoms with E-state index in [2.05, 4.69) is 15.8 Å². The number of nitrogens with zero attached hydrogens (tertiary/aromatic N) is 1. The summed E-state index contributed by atoms with van der Waals surface area (Å²) in [5.41, 5.74) is 5.72. The van der Waals surface area contributed by atoms with Gasteiger partial charge in [0.2, 0.25) is 5.91 Å². The average Bonchev–Trinajstić information content (AvgIpc) is 2.45. The molecule has 0 bridgehead atoms. The van der Waals surface area contributed by atoms with Crippen LogP contribution in [0, 0.1) is 13.8 Å². The number of amides is 2. The number of rotatable bonds is 4. The standard InChI is InChI=1S/C15H19N3O3/c1-9-6-10(2)14(21-3)11(7-9)8-16-15(20)12-4-5-13(19)18-17-12/h6-7H,4-5,8H2,1-3H3,(H,16,20)(H,18,19). The van der Waals surface area contributed by atoms with E-state index in [-0.39, 0.29) is 11.8 Å². The molecule has 1 aromatic carbocycles. The van der Waals surface area contributed by atoms with Crippen LogP contribution in [0.15, 0.2) is 17.2 Å². The summed E-state index contributed by atoms with van der Waals surface area (Å²) in [6, 6.07) is 4.02. The Kier molecular flexibility index (Phi) is 4.57. The normalized spacial score (nSPS) is 14.2. The van der Waals surface area contributed by atoms with Gasteiger partial charge in [-0.2, -0.15) is 5.10 Å². The molecule has 0 aromatic heterocycles. The van der Waals surface area contributed by atoms with E-state index in [1.165, 1.54) is 0 Å². The lowest BCUT2D eigenvalue weighted by atomic mass is 10.1. The maximum atomic E-state index is 12.0. The van der Waals surface area contributed by atoms with Gasteiger partial charge in [0.05, 0.1) is 7.11 Å². The number of nitrogens with one attached hydrogen (secondary N) is 2. The Bertz CT molecular complexity index is 608. The van der Waals surface area contributed by atoms with Gasteiger partial charge in [0, 0.05) is 24.9 Å². The van der Waals surface area contributed by atoms with Crippen molar-refractivity contribution in [2.24, 2.45) is 5.10 Å². The fourth-order valence-electron chi connectivity index (χ4n) is 2.38. The van der Waals surface area contributed by atoms with Crippen LogP contribution in [-0.4, -0.2) is 24.6 Å². The number of carbonyl (C=O) groups excluding carboxylic acids is 2. The lowest BCUT2D eigenvalue weighted by molar-refractivity contribution is -0.121. The highest BCUT2D eigenvalue weighted by Crippen LogP contribution is 2.24. The molecule has 1 aliphatic heterocycles. The summed E-state index contributed by atoms with van der Waals surface area (Å²) >= 11 is 0. The van der Waals surface area contributed by atoms with Gasteiger partial charge in [-0.15, -0.1) is 0 Å². The Hall–Kier alpha value is -2.37. The molecule has 2 amide bonds. The van der Waals surface area contributed by atoms with Gasteiger partial charge in [-0.1, -0.05) is 17.7 Å². The molecule has 0 radical (unpaired) electrons. The molecule has 0 spiro atoms. The summed E-state index contributed by atoms with van der Waals surface area (Å²) < 4.78 is 5.38. The SMILES string of the molecule is COc1c(C)cc(C)cc1CNC(=O)C1=NNC(=O)CC1. The summed E-state index contributed by atoms with van der Waals surface area (Å²) in [7, 11) is 1.61. The Morgan fingerprint density at radius 2 is 2.14 bits per heavy atom. The van der Waals surface area contributed by atoms with Crippen molar-refractivity contribution in [3.63, 3.8) is 0 Å². The van der Waals surface area contributed by atoms with Crippen molar-refractivity contribution in [2.75, 3.05) is 7.11 Å². The number of methoxy groups -OCH3 is 1. The second kappa shape index (κ2) is 6.39. The van der Waals surface area contributed by atoms with Crippen molar-refractivity contribution in [1.29, 1.82) is 0 Å². The zero-order valence-corrected chi connectivity index (χ0v) is 12.4. The van der Waals surface area contributed by atoms with E-state index in [1.54, 1.807) is 7.11 Å². The predicted octanol–water partition coefficient (Wildman–Crippen LogP) is 1.19. The van der Waals surface area contributed by atoms with E-state index < -0.39 is 0 Å². The molecule has 0 atom stereocenters. The van der Waals surface area contributed by atoms with Crippen molar-refractivity contribution in [1.82, 2.24) is 10.7 Å². The summed E-state index contributed by atoms with van der Waals surface area (Å²) in [5, 5.41) is 6.59. The third-order valence-electron chi connectivity index (χ3n) is 3.31. The molecular formula is C15H19N3O3. The average molecular weight is 289 g/mol. The van der Waals surface area contributed by atoms with Crippen LogP contribution in [0.4, 0.5) is 0 Å². The van der Waals surface area contributed by atoms with Crippen LogP contribution >= 0.6 is 0 Å². The zero-order valence-electron chi connectivity index (χ0n) is 12.4. The Balaban J connectivity index is 2.06. The van der Waals surface area contributed by atoms with Gasteiger partial charge in [-0.25, -0.2) is 5.43 Å². The number of hydrazone groups is 1. The molecule has 2 rings (SSSR count). The Labute approximate surface area is 123 Å². The summed E-state index contributed by atoms with van der Waals surface area (Å²) in [4.78, 5) is 23.0. The van der Waals surface area contributed by atoms with E-state index in [1.807, 2.05) is 26.0 Å². The van der Waals surface area contributed by atoms with Gasteiger partial charge in [0.15, 0.2) is 0 Å². The minimum absolute atomic E-state index is 0.164. The van der Waals surface area contributed by atoms with Gasteiger partial charge in [0.1, 0.15) is 11.5 Å².